The van der Waals surface area contributed by atoms with E-state index < -0.39 is 0 Å². The number of nitrogens with one attached hydrogen (secondary N) is 2. The van der Waals surface area contributed by atoms with Crippen molar-refractivity contribution in [2.24, 2.45) is 5.10 Å². The van der Waals surface area contributed by atoms with Crippen molar-refractivity contribution in [3.05, 3.63) is 54.0 Å². The van der Waals surface area contributed by atoms with E-state index in [1.54, 1.807) is 54.8 Å². The molecule has 0 atom stereocenters. The molecule has 0 aliphatic rings. The van der Waals surface area contributed by atoms with Crippen molar-refractivity contribution in [3.8, 4) is 12.1 Å². The van der Waals surface area contributed by atoms with E-state index in [4.69, 9.17) is 14.9 Å². The zero-order chi connectivity index (χ0) is 15.8. The molecule has 0 fully saturated rings. The van der Waals surface area contributed by atoms with E-state index in [-0.39, 0.29) is 11.6 Å². The van der Waals surface area contributed by atoms with Crippen molar-refractivity contribution in [1.29, 1.82) is 10.5 Å². The van der Waals surface area contributed by atoms with Gasteiger partial charge in [-0.2, -0.15) is 15.6 Å². The molecule has 108 valence electrons. The maximum atomic E-state index is 11.9. The lowest BCUT2D eigenvalue weighted by atomic mass is 10.2. The van der Waals surface area contributed by atoms with Crippen LogP contribution in [-0.4, -0.2) is 11.6 Å². The Hall–Kier alpha value is -3.58. The Morgan fingerprint density at radius 2 is 1.91 bits per heavy atom. The minimum atomic E-state index is -0.278. The van der Waals surface area contributed by atoms with Crippen molar-refractivity contribution >= 4 is 17.3 Å². The average Bonchev–Trinajstić information content (AvgIpc) is 3.07. The summed E-state index contributed by atoms with van der Waals surface area (Å²) < 4.78 is 5.12. The highest BCUT2D eigenvalue weighted by Crippen LogP contribution is 2.10. The van der Waals surface area contributed by atoms with Gasteiger partial charge in [-0.25, -0.2) is 0 Å². The molecule has 2 N–H and O–H groups in total. The van der Waals surface area contributed by atoms with Gasteiger partial charge in [0.05, 0.1) is 18.5 Å². The highest BCUT2D eigenvalue weighted by molar-refractivity contribution is 6.10. The SMILES string of the molecule is N#CC(C#N)=NNc1ccc(C(=O)NCc2ccco2)cc1. The summed E-state index contributed by atoms with van der Waals surface area (Å²) in [5, 5.41) is 23.4. The summed E-state index contributed by atoms with van der Waals surface area (Å²) in [5.74, 6) is 0.433. The molecule has 1 amide bonds. The standard InChI is InChI=1S/C15H11N5O2/c16-8-13(9-17)20-19-12-5-3-11(4-6-12)15(21)18-10-14-2-1-7-22-14/h1-7,19H,10H2,(H,18,21). The van der Waals surface area contributed by atoms with Gasteiger partial charge in [0.25, 0.3) is 5.91 Å². The summed E-state index contributed by atoms with van der Waals surface area (Å²) >= 11 is 0. The maximum Gasteiger partial charge on any atom is 0.251 e. The second-order valence-electron chi connectivity index (χ2n) is 4.14. The highest BCUT2D eigenvalue weighted by atomic mass is 16.3. The van der Waals surface area contributed by atoms with Gasteiger partial charge < -0.3 is 9.73 Å². The van der Waals surface area contributed by atoms with Crippen molar-refractivity contribution in [3.63, 3.8) is 0 Å². The first kappa shape index (κ1) is 14.8. The van der Waals surface area contributed by atoms with Gasteiger partial charge in [-0.1, -0.05) is 0 Å². The lowest BCUT2D eigenvalue weighted by Gasteiger charge is -2.04. The molecule has 2 rings (SSSR count). The van der Waals surface area contributed by atoms with Crippen molar-refractivity contribution in [2.45, 2.75) is 6.54 Å². The molecule has 22 heavy (non-hydrogen) atoms. The van der Waals surface area contributed by atoms with Gasteiger partial charge in [0.2, 0.25) is 5.71 Å². The quantitative estimate of drug-likeness (QED) is 0.646. The van der Waals surface area contributed by atoms with E-state index in [1.807, 2.05) is 0 Å². The lowest BCUT2D eigenvalue weighted by molar-refractivity contribution is 0.0948. The third kappa shape index (κ3) is 3.95. The third-order valence-corrected chi connectivity index (χ3v) is 2.66. The molecule has 1 aromatic carbocycles. The minimum absolute atomic E-state index is 0.235. The number of anilines is 1. The molecule has 1 heterocycles. The normalized spacial score (nSPS) is 9.18. The number of hydrogen-bond donors (Lipinski definition) is 2. The Kier molecular flexibility index (Phi) is 4.90. The van der Waals surface area contributed by atoms with E-state index >= 15 is 0 Å². The molecule has 2 aromatic rings. The zero-order valence-corrected chi connectivity index (χ0v) is 11.4. The first-order valence-electron chi connectivity index (χ1n) is 6.27. The number of carbonyl (C=O) groups is 1. The van der Waals surface area contributed by atoms with Crippen LogP contribution < -0.4 is 10.7 Å². The van der Waals surface area contributed by atoms with Gasteiger partial charge in [0.1, 0.15) is 17.9 Å². The summed E-state index contributed by atoms with van der Waals surface area (Å²) in [6, 6.07) is 13.2. The van der Waals surface area contributed by atoms with E-state index in [2.05, 4.69) is 15.8 Å². The molecule has 0 aliphatic heterocycles. The van der Waals surface area contributed by atoms with Crippen LogP contribution in [0.2, 0.25) is 0 Å². The molecule has 0 unspecified atom stereocenters. The third-order valence-electron chi connectivity index (χ3n) is 2.66. The largest absolute Gasteiger partial charge is 0.467 e. The van der Waals surface area contributed by atoms with Crippen molar-refractivity contribution < 1.29 is 9.21 Å². The Bertz CT molecular complexity index is 733. The molecule has 0 spiro atoms. The van der Waals surface area contributed by atoms with Crippen molar-refractivity contribution in [1.82, 2.24) is 5.32 Å². The molecule has 0 aliphatic carbocycles. The summed E-state index contributed by atoms with van der Waals surface area (Å²) in [4.78, 5) is 11.9. The van der Waals surface area contributed by atoms with E-state index in [0.717, 1.165) is 0 Å². The van der Waals surface area contributed by atoms with Crippen LogP contribution in [0.4, 0.5) is 5.69 Å². The van der Waals surface area contributed by atoms with E-state index in [1.165, 1.54) is 0 Å². The fourth-order valence-electron chi connectivity index (χ4n) is 1.57. The summed E-state index contributed by atoms with van der Waals surface area (Å²) in [6.45, 7) is 0.309. The number of nitrogens with zero attached hydrogens (tertiary/aromatic N) is 3. The van der Waals surface area contributed by atoms with Gasteiger partial charge in [-0.15, -0.1) is 0 Å². The predicted molar refractivity (Wildman–Crippen MR) is 78.6 cm³/mol. The topological polar surface area (TPSA) is 114 Å². The average molecular weight is 293 g/mol. The van der Waals surface area contributed by atoms with Gasteiger partial charge in [0, 0.05) is 5.56 Å². The van der Waals surface area contributed by atoms with Gasteiger partial charge in [-0.05, 0) is 36.4 Å². The monoisotopic (exact) mass is 293 g/mol. The zero-order valence-electron chi connectivity index (χ0n) is 11.4. The number of nitriles is 2. The minimum Gasteiger partial charge on any atom is -0.467 e. The highest BCUT2D eigenvalue weighted by Gasteiger charge is 2.06. The number of amides is 1. The molecule has 7 heteroatoms. The first-order valence-corrected chi connectivity index (χ1v) is 6.27. The molecule has 0 radical (unpaired) electrons. The van der Waals surface area contributed by atoms with Gasteiger partial charge >= 0.3 is 0 Å². The molecular weight excluding hydrogens is 282 g/mol. The smallest absolute Gasteiger partial charge is 0.251 e. The van der Waals surface area contributed by atoms with Crippen LogP contribution >= 0.6 is 0 Å². The molecular formula is C15H11N5O2. The summed E-state index contributed by atoms with van der Waals surface area (Å²) in [6.07, 6.45) is 1.54. The van der Waals surface area contributed by atoms with Crippen LogP contribution in [0, 0.1) is 22.7 Å². The first-order chi connectivity index (χ1) is 10.7. The Morgan fingerprint density at radius 3 is 2.50 bits per heavy atom. The Labute approximate surface area is 126 Å². The molecule has 1 aromatic heterocycles. The number of hydrogen-bond acceptors (Lipinski definition) is 6. The van der Waals surface area contributed by atoms with Crippen LogP contribution in [0.3, 0.4) is 0 Å². The van der Waals surface area contributed by atoms with Gasteiger partial charge in [-0.3, -0.25) is 10.2 Å². The van der Waals surface area contributed by atoms with Crippen LogP contribution in [0.1, 0.15) is 16.1 Å². The van der Waals surface area contributed by atoms with Crippen LogP contribution in [0.25, 0.3) is 0 Å². The van der Waals surface area contributed by atoms with Crippen LogP contribution in [0.5, 0.6) is 0 Å². The number of carbonyl (C=O) groups excluding carboxylic acids is 1. The Balaban J connectivity index is 1.94. The lowest BCUT2D eigenvalue weighted by Crippen LogP contribution is -2.22. The number of furan rings is 1. The van der Waals surface area contributed by atoms with E-state index in [0.29, 0.717) is 23.6 Å². The van der Waals surface area contributed by atoms with Gasteiger partial charge in [0.15, 0.2) is 0 Å². The van der Waals surface area contributed by atoms with Crippen LogP contribution in [0.15, 0.2) is 52.2 Å². The summed E-state index contributed by atoms with van der Waals surface area (Å²) in [5.41, 5.74) is 3.32. The van der Waals surface area contributed by atoms with E-state index in [9.17, 15) is 4.79 Å². The molecule has 0 saturated carbocycles. The fraction of sp³-hybridized carbons (Fsp3) is 0.0667. The maximum absolute atomic E-state index is 11.9. The number of rotatable bonds is 5. The second-order valence-corrected chi connectivity index (χ2v) is 4.14. The van der Waals surface area contributed by atoms with Crippen molar-refractivity contribution in [2.75, 3.05) is 5.43 Å². The summed E-state index contributed by atoms with van der Waals surface area (Å²) in [7, 11) is 0. The predicted octanol–water partition coefficient (Wildman–Crippen LogP) is 2.02. The molecule has 0 saturated heterocycles. The molecule has 7 nitrogen and oxygen atoms in total. The fourth-order valence-corrected chi connectivity index (χ4v) is 1.57. The Morgan fingerprint density at radius 1 is 1.18 bits per heavy atom. The number of benzene rings is 1. The number of hydrazone groups is 1. The second kappa shape index (κ2) is 7.27. The molecule has 0 bridgehead atoms. The van der Waals surface area contributed by atoms with Crippen LogP contribution in [-0.2, 0) is 6.54 Å².